The number of fused-ring (bicyclic) bond motifs is 1. The molecule has 2 aromatic heterocycles. The summed E-state index contributed by atoms with van der Waals surface area (Å²) in [6.07, 6.45) is 5.99. The monoisotopic (exact) mass is 399 g/mol. The van der Waals surface area contributed by atoms with Crippen LogP contribution in [-0.2, 0) is 18.4 Å². The maximum atomic E-state index is 12.9. The summed E-state index contributed by atoms with van der Waals surface area (Å²) in [6, 6.07) is 20.1. The third-order valence-corrected chi connectivity index (χ3v) is 5.42. The van der Waals surface area contributed by atoms with Crippen LogP contribution in [0.3, 0.4) is 0 Å². The molecule has 4 aromatic rings. The van der Waals surface area contributed by atoms with E-state index in [9.17, 15) is 4.79 Å². The summed E-state index contributed by atoms with van der Waals surface area (Å²) in [5.41, 5.74) is 4.37. The van der Waals surface area contributed by atoms with Gasteiger partial charge in [0.05, 0.1) is 7.11 Å². The second-order valence-electron chi connectivity index (χ2n) is 7.38. The van der Waals surface area contributed by atoms with Crippen molar-refractivity contribution in [1.29, 1.82) is 0 Å². The van der Waals surface area contributed by atoms with Gasteiger partial charge in [0.2, 0.25) is 5.91 Å². The summed E-state index contributed by atoms with van der Waals surface area (Å²) in [5.74, 6) is 0.750. The van der Waals surface area contributed by atoms with E-state index in [1.54, 1.807) is 19.5 Å². The van der Waals surface area contributed by atoms with Gasteiger partial charge in [0.1, 0.15) is 5.75 Å². The summed E-state index contributed by atoms with van der Waals surface area (Å²) >= 11 is 0. The Morgan fingerprint density at radius 1 is 1.10 bits per heavy atom. The molecule has 152 valence electrons. The Bertz CT molecular complexity index is 1130. The van der Waals surface area contributed by atoms with Crippen molar-refractivity contribution in [1.82, 2.24) is 14.9 Å². The van der Waals surface area contributed by atoms with Crippen LogP contribution >= 0.6 is 0 Å². The molecule has 1 atom stereocenters. The maximum absolute atomic E-state index is 12.9. The van der Waals surface area contributed by atoms with Crippen LogP contribution in [0.25, 0.3) is 10.9 Å². The van der Waals surface area contributed by atoms with E-state index in [1.807, 2.05) is 55.6 Å². The van der Waals surface area contributed by atoms with Gasteiger partial charge >= 0.3 is 0 Å². The molecule has 1 N–H and O–H groups in total. The standard InChI is InChI=1S/C25H25N3O2/c1-28-17-23(21-7-3-4-8-24(21)28)22(19-9-11-20(30-2)12-10-19)14-25(29)27-16-18-6-5-13-26-15-18/h3-13,15,17,22H,14,16H2,1-2H3,(H,27,29). The number of para-hydroxylation sites is 1. The number of nitrogens with zero attached hydrogens (tertiary/aromatic N) is 2. The molecule has 1 unspecified atom stereocenters. The fourth-order valence-electron chi connectivity index (χ4n) is 3.86. The van der Waals surface area contributed by atoms with Crippen LogP contribution in [0.5, 0.6) is 5.75 Å². The zero-order valence-corrected chi connectivity index (χ0v) is 17.2. The van der Waals surface area contributed by atoms with Crippen LogP contribution in [0.4, 0.5) is 0 Å². The lowest BCUT2D eigenvalue weighted by Crippen LogP contribution is -2.25. The van der Waals surface area contributed by atoms with Crippen molar-refractivity contribution >= 4 is 16.8 Å². The minimum Gasteiger partial charge on any atom is -0.497 e. The van der Waals surface area contributed by atoms with Crippen molar-refractivity contribution in [3.05, 3.63) is 95.9 Å². The molecule has 1 amide bonds. The normalized spacial score (nSPS) is 11.9. The van der Waals surface area contributed by atoms with Crippen molar-refractivity contribution in [2.24, 2.45) is 7.05 Å². The van der Waals surface area contributed by atoms with Gasteiger partial charge in [-0.2, -0.15) is 0 Å². The summed E-state index contributed by atoms with van der Waals surface area (Å²) in [7, 11) is 3.70. The first-order valence-corrected chi connectivity index (χ1v) is 9.99. The summed E-state index contributed by atoms with van der Waals surface area (Å²) < 4.78 is 7.43. The Kier molecular flexibility index (Phi) is 5.80. The number of aromatic nitrogens is 2. The Morgan fingerprint density at radius 3 is 2.63 bits per heavy atom. The van der Waals surface area contributed by atoms with Crippen molar-refractivity contribution in [3.8, 4) is 5.75 Å². The Hall–Kier alpha value is -3.60. The van der Waals surface area contributed by atoms with E-state index in [-0.39, 0.29) is 11.8 Å². The molecule has 0 fully saturated rings. The fourth-order valence-corrected chi connectivity index (χ4v) is 3.86. The Balaban J connectivity index is 1.64. The highest BCUT2D eigenvalue weighted by Gasteiger charge is 2.22. The first-order valence-electron chi connectivity index (χ1n) is 9.99. The van der Waals surface area contributed by atoms with Gasteiger partial charge in [-0.3, -0.25) is 9.78 Å². The van der Waals surface area contributed by atoms with Crippen LogP contribution < -0.4 is 10.1 Å². The number of carbonyl (C=O) groups excluding carboxylic acids is 1. The van der Waals surface area contributed by atoms with Crippen molar-refractivity contribution in [2.75, 3.05) is 7.11 Å². The minimum atomic E-state index is -0.0593. The molecule has 30 heavy (non-hydrogen) atoms. The molecule has 0 saturated carbocycles. The maximum Gasteiger partial charge on any atom is 0.221 e. The van der Waals surface area contributed by atoms with Crippen LogP contribution in [0.15, 0.2) is 79.3 Å². The van der Waals surface area contributed by atoms with Gasteiger partial charge in [0, 0.05) is 55.4 Å². The molecule has 0 spiro atoms. The topological polar surface area (TPSA) is 56.1 Å². The van der Waals surface area contributed by atoms with Gasteiger partial charge in [-0.15, -0.1) is 0 Å². The number of nitrogens with one attached hydrogen (secondary N) is 1. The number of amides is 1. The van der Waals surface area contributed by atoms with Crippen molar-refractivity contribution in [2.45, 2.75) is 18.9 Å². The van der Waals surface area contributed by atoms with Gasteiger partial charge < -0.3 is 14.6 Å². The lowest BCUT2D eigenvalue weighted by atomic mass is 9.88. The predicted octanol–water partition coefficient (Wildman–Crippen LogP) is 4.42. The second-order valence-corrected chi connectivity index (χ2v) is 7.38. The van der Waals surface area contributed by atoms with Gasteiger partial charge in [-0.05, 0) is 41.0 Å². The van der Waals surface area contributed by atoms with E-state index in [0.717, 1.165) is 28.0 Å². The van der Waals surface area contributed by atoms with Crippen molar-refractivity contribution in [3.63, 3.8) is 0 Å². The number of methoxy groups -OCH3 is 1. The molecule has 0 aliphatic heterocycles. The quantitative estimate of drug-likeness (QED) is 0.500. The van der Waals surface area contributed by atoms with Crippen LogP contribution in [-0.4, -0.2) is 22.6 Å². The number of ether oxygens (including phenoxy) is 1. The molecular formula is C25H25N3O2. The average molecular weight is 399 g/mol. The van der Waals surface area contributed by atoms with E-state index in [2.05, 4.69) is 33.2 Å². The van der Waals surface area contributed by atoms with Crippen LogP contribution in [0.2, 0.25) is 0 Å². The number of hydrogen-bond acceptors (Lipinski definition) is 3. The lowest BCUT2D eigenvalue weighted by Gasteiger charge is -2.18. The van der Waals surface area contributed by atoms with E-state index in [4.69, 9.17) is 4.74 Å². The molecule has 2 aromatic carbocycles. The number of benzene rings is 2. The molecule has 0 aliphatic carbocycles. The molecular weight excluding hydrogens is 374 g/mol. The first kappa shape index (κ1) is 19.7. The highest BCUT2D eigenvalue weighted by atomic mass is 16.5. The SMILES string of the molecule is COc1ccc(C(CC(=O)NCc2cccnc2)c2cn(C)c3ccccc23)cc1. The highest BCUT2D eigenvalue weighted by molar-refractivity contribution is 5.86. The molecule has 0 bridgehead atoms. The van der Waals surface area contributed by atoms with Crippen LogP contribution in [0.1, 0.15) is 29.0 Å². The number of aryl methyl sites for hydroxylation is 1. The number of rotatable bonds is 7. The minimum absolute atomic E-state index is 0.00704. The zero-order valence-electron chi connectivity index (χ0n) is 17.2. The smallest absolute Gasteiger partial charge is 0.221 e. The molecule has 5 nitrogen and oxygen atoms in total. The third-order valence-electron chi connectivity index (χ3n) is 5.42. The van der Waals surface area contributed by atoms with Crippen molar-refractivity contribution < 1.29 is 9.53 Å². The van der Waals surface area contributed by atoms with Gasteiger partial charge in [-0.25, -0.2) is 0 Å². The second kappa shape index (κ2) is 8.82. The van der Waals surface area contributed by atoms with E-state index in [0.29, 0.717) is 13.0 Å². The summed E-state index contributed by atoms with van der Waals surface area (Å²) in [6.45, 7) is 0.470. The highest BCUT2D eigenvalue weighted by Crippen LogP contribution is 2.35. The largest absolute Gasteiger partial charge is 0.497 e. The number of pyridine rings is 1. The van der Waals surface area contributed by atoms with E-state index >= 15 is 0 Å². The van der Waals surface area contributed by atoms with Crippen LogP contribution in [0, 0.1) is 0 Å². The van der Waals surface area contributed by atoms with E-state index < -0.39 is 0 Å². The molecule has 0 saturated heterocycles. The molecule has 4 rings (SSSR count). The van der Waals surface area contributed by atoms with Gasteiger partial charge in [0.25, 0.3) is 0 Å². The molecule has 5 heteroatoms. The third kappa shape index (κ3) is 4.20. The van der Waals surface area contributed by atoms with E-state index in [1.165, 1.54) is 5.39 Å². The molecule has 0 aliphatic rings. The lowest BCUT2D eigenvalue weighted by molar-refractivity contribution is -0.121. The van der Waals surface area contributed by atoms with Gasteiger partial charge in [0.15, 0.2) is 0 Å². The predicted molar refractivity (Wildman–Crippen MR) is 118 cm³/mol. The first-order chi connectivity index (χ1) is 14.7. The summed E-state index contributed by atoms with van der Waals surface area (Å²) in [5, 5.41) is 4.20. The Labute approximate surface area is 176 Å². The molecule has 2 heterocycles. The number of carbonyl (C=O) groups is 1. The number of hydrogen-bond donors (Lipinski definition) is 1. The summed E-state index contributed by atoms with van der Waals surface area (Å²) in [4.78, 5) is 17.0. The molecule has 0 radical (unpaired) electrons. The van der Waals surface area contributed by atoms with Gasteiger partial charge in [-0.1, -0.05) is 36.4 Å². The Morgan fingerprint density at radius 2 is 1.90 bits per heavy atom. The fraction of sp³-hybridized carbons (Fsp3) is 0.200. The zero-order chi connectivity index (χ0) is 20.9. The average Bonchev–Trinajstić information content (AvgIpc) is 3.13.